The Bertz CT molecular complexity index is 1170. The van der Waals surface area contributed by atoms with Crippen LogP contribution in [0.3, 0.4) is 0 Å². The SMILES string of the molecule is CC(C)(C)CC(c1ccc(CS)cc1)C(C)(C)C(C)(C)CC(C)(C(=O)OCCCN(CCCS(=O)O)CC[N+](C)(C)CCCSO)C(C)(C)C. The van der Waals surface area contributed by atoms with E-state index in [0.29, 0.717) is 25.9 Å². The topological polar surface area (TPSA) is 87.1 Å². The van der Waals surface area contributed by atoms with Crippen LogP contribution >= 0.6 is 24.7 Å². The first-order valence-corrected chi connectivity index (χ1v) is 21.4. The highest BCUT2D eigenvalue weighted by atomic mass is 32.2. The third-order valence-corrected chi connectivity index (χ3v) is 13.0. The number of rotatable bonds is 23. The molecule has 7 nitrogen and oxygen atoms in total. The maximum Gasteiger partial charge on any atom is 0.312 e. The van der Waals surface area contributed by atoms with E-state index in [1.807, 2.05) is 0 Å². The number of quaternary nitrogens is 1. The van der Waals surface area contributed by atoms with Gasteiger partial charge in [-0.2, -0.15) is 12.6 Å². The molecule has 1 aromatic rings. The Morgan fingerprint density at radius 3 is 2.00 bits per heavy atom. The minimum Gasteiger partial charge on any atom is -0.465 e. The van der Waals surface area contributed by atoms with Crippen LogP contribution in [0.4, 0.5) is 0 Å². The van der Waals surface area contributed by atoms with Crippen molar-refractivity contribution < 1.29 is 27.3 Å². The van der Waals surface area contributed by atoms with Gasteiger partial charge in [0.1, 0.15) is 0 Å². The number of likely N-dealkylation sites (N-methyl/N-ethyl adjacent to an activating group) is 1. The molecule has 0 aliphatic rings. The Balaban J connectivity index is 3.14. The largest absolute Gasteiger partial charge is 0.465 e. The van der Waals surface area contributed by atoms with Crippen LogP contribution in [0.2, 0.25) is 0 Å². The molecular formula is C40H75N2O5S3+. The Morgan fingerprint density at radius 2 is 1.50 bits per heavy atom. The highest BCUT2D eigenvalue weighted by Gasteiger charge is 2.54. The van der Waals surface area contributed by atoms with Gasteiger partial charge in [0.2, 0.25) is 0 Å². The average Bonchev–Trinajstić information content (AvgIpc) is 2.98. The first kappa shape index (κ1) is 47.4. The summed E-state index contributed by atoms with van der Waals surface area (Å²) in [7, 11) is 4.40. The minimum absolute atomic E-state index is 0.128. The van der Waals surface area contributed by atoms with E-state index in [1.165, 1.54) is 11.1 Å². The molecule has 1 rings (SSSR count). The summed E-state index contributed by atoms with van der Waals surface area (Å²) in [5, 5.41) is 0. The van der Waals surface area contributed by atoms with E-state index in [2.05, 4.69) is 132 Å². The highest BCUT2D eigenvalue weighted by Crippen LogP contribution is 2.59. The summed E-state index contributed by atoms with van der Waals surface area (Å²) >= 11 is 3.57. The summed E-state index contributed by atoms with van der Waals surface area (Å²) in [6.07, 6.45) is 4.00. The van der Waals surface area contributed by atoms with Crippen LogP contribution in [0.5, 0.6) is 0 Å². The molecule has 2 N–H and O–H groups in total. The molecule has 0 fully saturated rings. The Labute approximate surface area is 320 Å². The van der Waals surface area contributed by atoms with Crippen LogP contribution in [-0.4, -0.2) is 93.6 Å². The molecule has 3 unspecified atom stereocenters. The molecule has 0 heterocycles. The summed E-state index contributed by atoms with van der Waals surface area (Å²) < 4.78 is 36.7. The Morgan fingerprint density at radius 1 is 0.920 bits per heavy atom. The molecule has 0 aliphatic carbocycles. The number of benzene rings is 1. The van der Waals surface area contributed by atoms with Gasteiger partial charge in [-0.3, -0.25) is 9.69 Å². The van der Waals surface area contributed by atoms with Crippen molar-refractivity contribution >= 4 is 41.7 Å². The average molecular weight is 760 g/mol. The van der Waals surface area contributed by atoms with E-state index in [0.717, 1.165) is 73.6 Å². The molecule has 0 bridgehead atoms. The number of carbonyl (C=O) groups excluding carboxylic acids is 1. The number of hydrogen-bond donors (Lipinski definition) is 3. The monoisotopic (exact) mass is 759 g/mol. The van der Waals surface area contributed by atoms with Crippen molar-refractivity contribution in [1.29, 1.82) is 0 Å². The molecule has 10 heteroatoms. The maximum atomic E-state index is 14.2. The van der Waals surface area contributed by atoms with Crippen molar-refractivity contribution in [1.82, 2.24) is 4.90 Å². The molecule has 0 aliphatic heterocycles. The fourth-order valence-electron chi connectivity index (χ4n) is 6.92. The summed E-state index contributed by atoms with van der Waals surface area (Å²) in [4.78, 5) is 16.5. The highest BCUT2D eigenvalue weighted by molar-refractivity contribution is 7.93. The summed E-state index contributed by atoms with van der Waals surface area (Å²) in [6.45, 7) is 29.5. The normalized spacial score (nSPS) is 15.9. The Hall–Kier alpha value is -0.620. The van der Waals surface area contributed by atoms with E-state index in [4.69, 9.17) is 9.29 Å². The van der Waals surface area contributed by atoms with Crippen LogP contribution in [-0.2, 0) is 26.4 Å². The zero-order chi connectivity index (χ0) is 38.6. The number of esters is 1. The van der Waals surface area contributed by atoms with Gasteiger partial charge in [-0.05, 0) is 89.9 Å². The number of thiol groups is 1. The lowest BCUT2D eigenvalue weighted by Crippen LogP contribution is -2.49. The molecule has 0 aromatic heterocycles. The fraction of sp³-hybridized carbons (Fsp3) is 0.825. The second-order valence-electron chi connectivity index (χ2n) is 18.9. The van der Waals surface area contributed by atoms with Crippen LogP contribution in [0.15, 0.2) is 24.3 Å². The van der Waals surface area contributed by atoms with Crippen molar-refractivity contribution in [2.45, 2.75) is 120 Å². The molecular weight excluding hydrogens is 685 g/mol. The van der Waals surface area contributed by atoms with Crippen LogP contribution in [0.25, 0.3) is 0 Å². The molecule has 0 spiro atoms. The van der Waals surface area contributed by atoms with Gasteiger partial charge in [-0.1, -0.05) is 93.5 Å². The smallest absolute Gasteiger partial charge is 0.312 e. The van der Waals surface area contributed by atoms with E-state index < -0.39 is 16.5 Å². The van der Waals surface area contributed by atoms with Crippen LogP contribution in [0, 0.1) is 27.1 Å². The standard InChI is InChI=1S/C40H74N2O5S3/c1-36(2,3)29-34(33-19-17-32(30-48)18-20-33)39(9,10)38(7,8)31-40(11,37(4,5)6)35(43)47-26-14-21-41(22-15-28-50(45)46)23-25-42(12,13)24-16-27-49-44/h17-20,34H,14-16,21-31H2,1-13H3,(H2-,44,45,46,48)/p+1. The first-order chi connectivity index (χ1) is 22.8. The van der Waals surface area contributed by atoms with E-state index >= 15 is 0 Å². The Kier molecular flexibility index (Phi) is 19.1. The van der Waals surface area contributed by atoms with Crippen LogP contribution in [0.1, 0.15) is 125 Å². The van der Waals surface area contributed by atoms with Crippen molar-refractivity contribution in [2.75, 3.05) is 64.9 Å². The second kappa shape index (κ2) is 20.2. The number of hydrogen-bond acceptors (Lipinski definition) is 7. The summed E-state index contributed by atoms with van der Waals surface area (Å²) in [5.74, 6) is 1.85. The maximum absolute atomic E-state index is 14.2. The summed E-state index contributed by atoms with van der Waals surface area (Å²) in [6, 6.07) is 8.95. The zero-order valence-electron chi connectivity index (χ0n) is 34.1. The quantitative estimate of drug-likeness (QED) is 0.0256. The molecule has 0 amide bonds. The van der Waals surface area contributed by atoms with Gasteiger partial charge in [0.25, 0.3) is 0 Å². The lowest BCUT2D eigenvalue weighted by atomic mass is 9.50. The third-order valence-electron chi connectivity index (χ3n) is 11.6. The van der Waals surface area contributed by atoms with Gasteiger partial charge in [-0.15, -0.1) is 0 Å². The molecule has 50 heavy (non-hydrogen) atoms. The third kappa shape index (κ3) is 15.4. The van der Waals surface area contributed by atoms with Gasteiger partial charge < -0.3 is 18.3 Å². The molecule has 0 saturated heterocycles. The predicted octanol–water partition coefficient (Wildman–Crippen LogP) is 9.65. The number of carbonyl (C=O) groups is 1. The van der Waals surface area contributed by atoms with Crippen molar-refractivity contribution in [3.05, 3.63) is 35.4 Å². The zero-order valence-corrected chi connectivity index (χ0v) is 36.6. The van der Waals surface area contributed by atoms with Gasteiger partial charge in [0, 0.05) is 31.0 Å². The van der Waals surface area contributed by atoms with E-state index in [9.17, 15) is 13.6 Å². The fourth-order valence-corrected chi connectivity index (χ4v) is 7.77. The second-order valence-corrected chi connectivity index (χ2v) is 20.9. The lowest BCUT2D eigenvalue weighted by Gasteiger charge is -2.53. The predicted molar refractivity (Wildman–Crippen MR) is 220 cm³/mol. The van der Waals surface area contributed by atoms with Gasteiger partial charge in [0.15, 0.2) is 11.1 Å². The lowest BCUT2D eigenvalue weighted by molar-refractivity contribution is -0.889. The van der Waals surface area contributed by atoms with Crippen molar-refractivity contribution in [3.63, 3.8) is 0 Å². The summed E-state index contributed by atoms with van der Waals surface area (Å²) in [5.41, 5.74) is 1.29. The molecule has 1 aromatic carbocycles. The molecule has 0 saturated carbocycles. The minimum atomic E-state index is -1.81. The van der Waals surface area contributed by atoms with Crippen LogP contribution < -0.4 is 0 Å². The molecule has 292 valence electrons. The van der Waals surface area contributed by atoms with Crippen molar-refractivity contribution in [3.8, 4) is 0 Å². The first-order valence-electron chi connectivity index (χ1n) is 18.6. The molecule has 0 radical (unpaired) electrons. The number of nitrogens with zero attached hydrogens (tertiary/aromatic N) is 2. The van der Waals surface area contributed by atoms with E-state index in [1.54, 1.807) is 0 Å². The number of ether oxygens (including phenoxy) is 1. The molecule has 3 atom stereocenters. The van der Waals surface area contributed by atoms with Gasteiger partial charge in [0.05, 0.1) is 45.0 Å². The van der Waals surface area contributed by atoms with Gasteiger partial charge >= 0.3 is 5.97 Å². The van der Waals surface area contributed by atoms with Crippen molar-refractivity contribution in [2.24, 2.45) is 27.1 Å². The van der Waals surface area contributed by atoms with Gasteiger partial charge in [-0.25, -0.2) is 4.21 Å². The van der Waals surface area contributed by atoms with E-state index in [-0.39, 0.29) is 39.3 Å².